The van der Waals surface area contributed by atoms with Gasteiger partial charge in [0.15, 0.2) is 0 Å². The molecular formula is C21H32BrN5OSSi. The lowest BCUT2D eigenvalue weighted by atomic mass is 10.3. The van der Waals surface area contributed by atoms with E-state index in [1.165, 1.54) is 24.6 Å². The van der Waals surface area contributed by atoms with Crippen molar-refractivity contribution in [2.75, 3.05) is 37.7 Å². The zero-order chi connectivity index (χ0) is 21.4. The summed E-state index contributed by atoms with van der Waals surface area (Å²) in [5.74, 6) is 3.06. The standard InChI is InChI=1S/C21H32BrN5OSSi/c1-30(2,3)15-12-28-17-27-20(8-9-26-10-13-29-14-11-26)16-23-21(27)25-24-19-6-4-18(22)5-7-19/h4-7,16H,8-15,17H2,1-3H3. The van der Waals surface area contributed by atoms with Crippen molar-refractivity contribution < 1.29 is 4.74 Å². The number of thioether (sulfide) groups is 1. The molecule has 30 heavy (non-hydrogen) atoms. The smallest absolute Gasteiger partial charge is 0.251 e. The van der Waals surface area contributed by atoms with Gasteiger partial charge < -0.3 is 9.64 Å². The molecule has 1 saturated heterocycles. The Hall–Kier alpha value is -1.00. The summed E-state index contributed by atoms with van der Waals surface area (Å²) < 4.78 is 9.13. The van der Waals surface area contributed by atoms with E-state index in [1.54, 1.807) is 0 Å². The SMILES string of the molecule is C[Si](C)(C)CCOCn1c(CCN2CCSCC2)cnc1N=Nc1ccc(Br)cc1. The predicted molar refractivity (Wildman–Crippen MR) is 132 cm³/mol. The summed E-state index contributed by atoms with van der Waals surface area (Å²) >= 11 is 5.49. The minimum atomic E-state index is -1.11. The van der Waals surface area contributed by atoms with Gasteiger partial charge >= 0.3 is 0 Å². The molecule has 0 saturated carbocycles. The molecule has 0 amide bonds. The molecule has 1 fully saturated rings. The summed E-state index contributed by atoms with van der Waals surface area (Å²) in [6, 6.07) is 8.94. The van der Waals surface area contributed by atoms with Gasteiger partial charge in [-0.2, -0.15) is 11.8 Å². The molecule has 6 nitrogen and oxygen atoms in total. The Labute approximate surface area is 193 Å². The Kier molecular flexibility index (Phi) is 9.12. The number of hydrogen-bond donors (Lipinski definition) is 0. The number of rotatable bonds is 10. The van der Waals surface area contributed by atoms with Crippen LogP contribution < -0.4 is 0 Å². The molecule has 0 aliphatic carbocycles. The highest BCUT2D eigenvalue weighted by molar-refractivity contribution is 9.10. The number of benzene rings is 1. The van der Waals surface area contributed by atoms with E-state index in [-0.39, 0.29) is 0 Å². The second-order valence-electron chi connectivity index (χ2n) is 8.71. The molecular weight excluding hydrogens is 478 g/mol. The Morgan fingerprint density at radius 2 is 1.87 bits per heavy atom. The summed E-state index contributed by atoms with van der Waals surface area (Å²) in [7, 11) is -1.11. The van der Waals surface area contributed by atoms with Crippen LogP contribution in [-0.2, 0) is 17.9 Å². The van der Waals surface area contributed by atoms with Crippen molar-refractivity contribution in [1.82, 2.24) is 14.5 Å². The van der Waals surface area contributed by atoms with Crippen LogP contribution >= 0.6 is 27.7 Å². The average Bonchev–Trinajstić information content (AvgIpc) is 3.11. The van der Waals surface area contributed by atoms with E-state index in [1.807, 2.05) is 42.2 Å². The molecule has 0 bridgehead atoms. The molecule has 0 radical (unpaired) electrons. The highest BCUT2D eigenvalue weighted by Gasteiger charge is 2.15. The monoisotopic (exact) mass is 509 g/mol. The van der Waals surface area contributed by atoms with Crippen LogP contribution in [0.3, 0.4) is 0 Å². The van der Waals surface area contributed by atoms with E-state index in [4.69, 9.17) is 4.74 Å². The predicted octanol–water partition coefficient (Wildman–Crippen LogP) is 5.96. The number of azo groups is 1. The lowest BCUT2D eigenvalue weighted by molar-refractivity contribution is 0.0861. The Morgan fingerprint density at radius 3 is 2.57 bits per heavy atom. The number of ether oxygens (including phenoxy) is 1. The third-order valence-electron chi connectivity index (χ3n) is 5.00. The van der Waals surface area contributed by atoms with Crippen LogP contribution in [0.25, 0.3) is 0 Å². The van der Waals surface area contributed by atoms with Crippen LogP contribution in [0.5, 0.6) is 0 Å². The zero-order valence-corrected chi connectivity index (χ0v) is 21.6. The number of aromatic nitrogens is 2. The maximum Gasteiger partial charge on any atom is 0.251 e. The topological polar surface area (TPSA) is 55.0 Å². The summed E-state index contributed by atoms with van der Waals surface area (Å²) in [6.07, 6.45) is 2.87. The van der Waals surface area contributed by atoms with Crippen LogP contribution in [0.2, 0.25) is 25.7 Å². The van der Waals surface area contributed by atoms with Gasteiger partial charge in [-0.05, 0) is 30.3 Å². The van der Waals surface area contributed by atoms with Crippen LogP contribution in [0.4, 0.5) is 11.6 Å². The van der Waals surface area contributed by atoms with Crippen molar-refractivity contribution in [2.45, 2.75) is 38.8 Å². The summed E-state index contributed by atoms with van der Waals surface area (Å²) in [5, 5.41) is 8.79. The maximum atomic E-state index is 6.03. The molecule has 1 aromatic heterocycles. The molecule has 9 heteroatoms. The maximum absolute atomic E-state index is 6.03. The van der Waals surface area contributed by atoms with Gasteiger partial charge in [0.05, 0.1) is 11.9 Å². The second-order valence-corrected chi connectivity index (χ2v) is 16.5. The molecule has 1 aliphatic heterocycles. The Balaban J connectivity index is 1.68. The molecule has 1 aliphatic rings. The number of halogens is 1. The first-order valence-electron chi connectivity index (χ1n) is 10.5. The van der Waals surface area contributed by atoms with E-state index >= 15 is 0 Å². The van der Waals surface area contributed by atoms with E-state index in [2.05, 4.69) is 60.3 Å². The lowest BCUT2D eigenvalue weighted by Gasteiger charge is -2.26. The molecule has 2 aromatic rings. The van der Waals surface area contributed by atoms with Crippen LogP contribution in [0.15, 0.2) is 45.2 Å². The lowest BCUT2D eigenvalue weighted by Crippen LogP contribution is -2.34. The first-order valence-corrected chi connectivity index (χ1v) is 16.2. The fraction of sp³-hybridized carbons (Fsp3) is 0.571. The van der Waals surface area contributed by atoms with Crippen molar-refractivity contribution in [2.24, 2.45) is 10.2 Å². The van der Waals surface area contributed by atoms with Gasteiger partial charge in [0, 0.05) is 62.4 Å². The largest absolute Gasteiger partial charge is 0.361 e. The Bertz CT molecular complexity index is 816. The van der Waals surface area contributed by atoms with Crippen molar-refractivity contribution in [3.05, 3.63) is 40.6 Å². The molecule has 1 aromatic carbocycles. The van der Waals surface area contributed by atoms with Gasteiger partial charge in [0.1, 0.15) is 6.73 Å². The minimum absolute atomic E-state index is 0.477. The van der Waals surface area contributed by atoms with Gasteiger partial charge in [-0.25, -0.2) is 4.98 Å². The van der Waals surface area contributed by atoms with Gasteiger partial charge in [-0.3, -0.25) is 4.57 Å². The summed E-state index contributed by atoms with van der Waals surface area (Å²) in [5.41, 5.74) is 1.96. The van der Waals surface area contributed by atoms with E-state index in [0.29, 0.717) is 12.7 Å². The van der Waals surface area contributed by atoms with E-state index < -0.39 is 8.07 Å². The first-order chi connectivity index (χ1) is 14.4. The highest BCUT2D eigenvalue weighted by atomic mass is 79.9. The molecule has 0 unspecified atom stereocenters. The number of hydrogen-bond acceptors (Lipinski definition) is 6. The quantitative estimate of drug-likeness (QED) is 0.225. The molecule has 2 heterocycles. The summed E-state index contributed by atoms with van der Waals surface area (Å²) in [6.45, 7) is 11.7. The van der Waals surface area contributed by atoms with Gasteiger partial charge in [-0.1, -0.05) is 35.6 Å². The number of imidazole rings is 1. The third kappa shape index (κ3) is 7.92. The zero-order valence-electron chi connectivity index (χ0n) is 18.2. The van der Waals surface area contributed by atoms with Crippen molar-refractivity contribution in [3.63, 3.8) is 0 Å². The Morgan fingerprint density at radius 1 is 1.13 bits per heavy atom. The molecule has 164 valence electrons. The van der Waals surface area contributed by atoms with Crippen LogP contribution in [-0.4, -0.2) is 60.3 Å². The molecule has 0 spiro atoms. The fourth-order valence-corrected chi connectivity index (χ4v) is 5.06. The van der Waals surface area contributed by atoms with E-state index in [0.717, 1.165) is 41.5 Å². The molecule has 3 rings (SSSR count). The first kappa shape index (κ1) is 23.7. The minimum Gasteiger partial charge on any atom is -0.361 e. The summed E-state index contributed by atoms with van der Waals surface area (Å²) in [4.78, 5) is 7.07. The third-order valence-corrected chi connectivity index (χ3v) is 8.18. The highest BCUT2D eigenvalue weighted by Crippen LogP contribution is 2.22. The second kappa shape index (κ2) is 11.6. The van der Waals surface area contributed by atoms with Gasteiger partial charge in [0.2, 0.25) is 0 Å². The average molecular weight is 511 g/mol. The van der Waals surface area contributed by atoms with Gasteiger partial charge in [-0.15, -0.1) is 10.2 Å². The van der Waals surface area contributed by atoms with Gasteiger partial charge in [0.25, 0.3) is 5.95 Å². The van der Waals surface area contributed by atoms with E-state index in [9.17, 15) is 0 Å². The molecule has 0 atom stereocenters. The van der Waals surface area contributed by atoms with Crippen molar-refractivity contribution >= 4 is 47.4 Å². The number of nitrogens with zero attached hydrogens (tertiary/aromatic N) is 5. The normalized spacial score (nSPS) is 15.9. The molecule has 0 N–H and O–H groups in total. The fourth-order valence-electron chi connectivity index (χ4n) is 3.06. The van der Waals surface area contributed by atoms with Crippen molar-refractivity contribution in [1.29, 1.82) is 0 Å². The van der Waals surface area contributed by atoms with Crippen LogP contribution in [0.1, 0.15) is 5.69 Å². The van der Waals surface area contributed by atoms with Crippen molar-refractivity contribution in [3.8, 4) is 0 Å². The van der Waals surface area contributed by atoms with Crippen LogP contribution in [0, 0.1) is 0 Å².